The van der Waals surface area contributed by atoms with E-state index < -0.39 is 0 Å². The van der Waals surface area contributed by atoms with Crippen molar-refractivity contribution in [1.29, 1.82) is 0 Å². The van der Waals surface area contributed by atoms with Gasteiger partial charge in [0.2, 0.25) is 0 Å². The van der Waals surface area contributed by atoms with E-state index in [-0.39, 0.29) is 0 Å². The Morgan fingerprint density at radius 1 is 1.04 bits per heavy atom. The second kappa shape index (κ2) is 7.73. The fourth-order valence-electron chi connectivity index (χ4n) is 4.00. The van der Waals surface area contributed by atoms with Crippen molar-refractivity contribution in [2.45, 2.75) is 38.6 Å². The summed E-state index contributed by atoms with van der Waals surface area (Å²) < 4.78 is 0. The monoisotopic (exact) mass is 365 g/mol. The highest BCUT2D eigenvalue weighted by molar-refractivity contribution is 6.29. The Bertz CT molecular complexity index is 892. The third-order valence-corrected chi connectivity index (χ3v) is 5.69. The van der Waals surface area contributed by atoms with Crippen LogP contribution in [-0.4, -0.2) is 34.2 Å². The minimum atomic E-state index is 0.419. The molecule has 2 heterocycles. The maximum Gasteiger partial charge on any atom is 0.151 e. The summed E-state index contributed by atoms with van der Waals surface area (Å²) in [4.78, 5) is 2.66. The van der Waals surface area contributed by atoms with Crippen molar-refractivity contribution in [3.63, 3.8) is 0 Å². The number of aromatic nitrogens is 2. The first-order chi connectivity index (χ1) is 12.7. The molecule has 1 unspecified atom stereocenters. The summed E-state index contributed by atoms with van der Waals surface area (Å²) in [5, 5.41) is 11.0. The zero-order chi connectivity index (χ0) is 17.9. The van der Waals surface area contributed by atoms with Crippen LogP contribution in [0.15, 0.2) is 48.5 Å². The summed E-state index contributed by atoms with van der Waals surface area (Å²) in [5.41, 5.74) is 3.33. The molecule has 0 spiro atoms. The molecule has 2 aromatic carbocycles. The summed E-state index contributed by atoms with van der Waals surface area (Å²) in [6.45, 7) is 4.74. The topological polar surface area (TPSA) is 29.0 Å². The van der Waals surface area contributed by atoms with Crippen LogP contribution >= 0.6 is 11.6 Å². The Balaban J connectivity index is 1.51. The summed E-state index contributed by atoms with van der Waals surface area (Å²) in [6.07, 6.45) is 5.11. The molecule has 0 radical (unpaired) electrons. The quantitative estimate of drug-likeness (QED) is 0.608. The average Bonchev–Trinajstić information content (AvgIpc) is 3.14. The lowest BCUT2D eigenvalue weighted by Crippen LogP contribution is -2.30. The Kier molecular flexibility index (Phi) is 5.18. The molecule has 0 amide bonds. The van der Waals surface area contributed by atoms with Gasteiger partial charge < -0.3 is 4.90 Å². The second-order valence-electron chi connectivity index (χ2n) is 7.13. The molecule has 1 atom stereocenters. The van der Waals surface area contributed by atoms with Gasteiger partial charge in [0.25, 0.3) is 0 Å². The van der Waals surface area contributed by atoms with E-state index in [2.05, 4.69) is 58.4 Å². The first kappa shape index (κ1) is 17.4. The molecule has 0 aliphatic carbocycles. The molecule has 1 aromatic heterocycles. The predicted octanol–water partition coefficient (Wildman–Crippen LogP) is 5.37. The summed E-state index contributed by atoms with van der Waals surface area (Å²) in [7, 11) is 0. The van der Waals surface area contributed by atoms with Crippen molar-refractivity contribution in [2.75, 3.05) is 13.1 Å². The highest BCUT2D eigenvalue weighted by Crippen LogP contribution is 2.25. The number of hydrogen-bond acceptors (Lipinski definition) is 3. The van der Waals surface area contributed by atoms with Crippen molar-refractivity contribution in [3.05, 3.63) is 59.2 Å². The number of halogens is 1. The molecular weight excluding hydrogens is 342 g/mol. The largest absolute Gasteiger partial charge is 0.300 e. The molecule has 0 N–H and O–H groups in total. The van der Waals surface area contributed by atoms with Gasteiger partial charge in [-0.05, 0) is 66.8 Å². The van der Waals surface area contributed by atoms with Gasteiger partial charge in [-0.2, -0.15) is 0 Å². The molecule has 4 rings (SSSR count). The third-order valence-electron chi connectivity index (χ3n) is 5.49. The lowest BCUT2D eigenvalue weighted by Gasteiger charge is -2.23. The lowest BCUT2D eigenvalue weighted by molar-refractivity contribution is 0.251. The number of hydrogen-bond donors (Lipinski definition) is 0. The first-order valence-electron chi connectivity index (χ1n) is 9.49. The van der Waals surface area contributed by atoms with Crippen LogP contribution in [0.2, 0.25) is 5.15 Å². The Morgan fingerprint density at radius 2 is 1.88 bits per heavy atom. The number of rotatable bonds is 5. The SMILES string of the molecule is CCC1CCCN1CCc1ccc2cc(-c3ccc(Cl)nn3)ccc2c1. The minimum absolute atomic E-state index is 0.419. The van der Waals surface area contributed by atoms with Crippen molar-refractivity contribution in [3.8, 4) is 11.3 Å². The number of likely N-dealkylation sites (tertiary alicyclic amines) is 1. The normalized spacial score (nSPS) is 17.8. The molecule has 134 valence electrons. The van der Waals surface area contributed by atoms with Crippen molar-refractivity contribution >= 4 is 22.4 Å². The molecule has 0 saturated carbocycles. The van der Waals surface area contributed by atoms with Crippen molar-refractivity contribution < 1.29 is 0 Å². The van der Waals surface area contributed by atoms with Gasteiger partial charge in [-0.3, -0.25) is 0 Å². The maximum absolute atomic E-state index is 5.83. The van der Waals surface area contributed by atoms with Crippen molar-refractivity contribution in [2.24, 2.45) is 0 Å². The molecule has 1 saturated heterocycles. The third kappa shape index (κ3) is 3.74. The van der Waals surface area contributed by atoms with Crippen LogP contribution in [0.5, 0.6) is 0 Å². The van der Waals surface area contributed by atoms with Crippen LogP contribution in [0, 0.1) is 0 Å². The van der Waals surface area contributed by atoms with E-state index in [4.69, 9.17) is 11.6 Å². The van der Waals surface area contributed by atoms with Gasteiger partial charge in [0.15, 0.2) is 5.15 Å². The molecule has 3 nitrogen and oxygen atoms in total. The summed E-state index contributed by atoms with van der Waals surface area (Å²) in [6, 6.07) is 17.7. The second-order valence-corrected chi connectivity index (χ2v) is 7.52. The highest BCUT2D eigenvalue weighted by Gasteiger charge is 2.21. The van der Waals surface area contributed by atoms with E-state index in [0.29, 0.717) is 5.15 Å². The van der Waals surface area contributed by atoms with E-state index in [9.17, 15) is 0 Å². The molecule has 1 fully saturated rings. The van der Waals surface area contributed by atoms with Gasteiger partial charge in [0, 0.05) is 18.2 Å². The molecule has 0 bridgehead atoms. The van der Waals surface area contributed by atoms with Gasteiger partial charge in [-0.15, -0.1) is 10.2 Å². The van der Waals surface area contributed by atoms with Crippen molar-refractivity contribution in [1.82, 2.24) is 15.1 Å². The maximum atomic E-state index is 5.83. The first-order valence-corrected chi connectivity index (χ1v) is 9.87. The van der Waals surface area contributed by atoms with Crippen LogP contribution in [0.4, 0.5) is 0 Å². The Morgan fingerprint density at radius 3 is 2.69 bits per heavy atom. The van der Waals surface area contributed by atoms with E-state index in [1.165, 1.54) is 48.7 Å². The van der Waals surface area contributed by atoms with E-state index in [0.717, 1.165) is 23.7 Å². The lowest BCUT2D eigenvalue weighted by atomic mass is 10.0. The fourth-order valence-corrected chi connectivity index (χ4v) is 4.11. The van der Waals surface area contributed by atoms with E-state index in [1.807, 2.05) is 6.07 Å². The van der Waals surface area contributed by atoms with Gasteiger partial charge in [-0.1, -0.05) is 48.9 Å². The molecular formula is C22H24ClN3. The zero-order valence-electron chi connectivity index (χ0n) is 15.2. The summed E-state index contributed by atoms with van der Waals surface area (Å²) >= 11 is 5.83. The molecule has 1 aliphatic heterocycles. The number of benzene rings is 2. The van der Waals surface area contributed by atoms with Crippen LogP contribution in [0.25, 0.3) is 22.0 Å². The molecule has 3 aromatic rings. The predicted molar refractivity (Wildman–Crippen MR) is 109 cm³/mol. The molecule has 26 heavy (non-hydrogen) atoms. The summed E-state index contributed by atoms with van der Waals surface area (Å²) in [5.74, 6) is 0. The van der Waals surface area contributed by atoms with Crippen LogP contribution < -0.4 is 0 Å². The number of nitrogens with zero attached hydrogens (tertiary/aromatic N) is 3. The van der Waals surface area contributed by atoms with Gasteiger partial charge in [-0.25, -0.2) is 0 Å². The molecule has 1 aliphatic rings. The molecule has 4 heteroatoms. The highest BCUT2D eigenvalue weighted by atomic mass is 35.5. The smallest absolute Gasteiger partial charge is 0.151 e. The Hall–Kier alpha value is -1.97. The Labute approximate surface area is 160 Å². The number of fused-ring (bicyclic) bond motifs is 1. The van der Waals surface area contributed by atoms with Crippen LogP contribution in [-0.2, 0) is 6.42 Å². The van der Waals surface area contributed by atoms with Gasteiger partial charge >= 0.3 is 0 Å². The van der Waals surface area contributed by atoms with E-state index >= 15 is 0 Å². The van der Waals surface area contributed by atoms with Crippen LogP contribution in [0.1, 0.15) is 31.7 Å². The van der Waals surface area contributed by atoms with E-state index in [1.54, 1.807) is 6.07 Å². The van der Waals surface area contributed by atoms with Crippen LogP contribution in [0.3, 0.4) is 0 Å². The average molecular weight is 366 g/mol. The fraction of sp³-hybridized carbons (Fsp3) is 0.364. The zero-order valence-corrected chi connectivity index (χ0v) is 15.9. The van der Waals surface area contributed by atoms with Gasteiger partial charge in [0.05, 0.1) is 5.69 Å². The van der Waals surface area contributed by atoms with Gasteiger partial charge in [0.1, 0.15) is 0 Å². The minimum Gasteiger partial charge on any atom is -0.300 e. The standard InChI is InChI=1S/C22H24ClN3/c1-2-20-4-3-12-26(20)13-11-16-5-6-18-15-19(8-7-17(18)14-16)21-9-10-22(23)25-24-21/h5-10,14-15,20H,2-4,11-13H2,1H3.